The van der Waals surface area contributed by atoms with E-state index in [2.05, 4.69) is 27.6 Å². The number of rotatable bonds is 8. The van der Waals surface area contributed by atoms with Gasteiger partial charge in [-0.3, -0.25) is 0 Å². The smallest absolute Gasteiger partial charge is 0.337 e. The highest BCUT2D eigenvalue weighted by molar-refractivity contribution is 9.09. The molecule has 112 valence electrons. The van der Waals surface area contributed by atoms with Crippen molar-refractivity contribution in [2.75, 3.05) is 26.2 Å². The molecule has 4 nitrogen and oxygen atoms in total. The molecule has 0 aliphatic rings. The lowest BCUT2D eigenvalue weighted by molar-refractivity contribution is 0.0600. The Morgan fingerprint density at radius 2 is 2.05 bits per heavy atom. The quantitative estimate of drug-likeness (QED) is 0.533. The number of hydrogen-bond acceptors (Lipinski definition) is 4. The van der Waals surface area contributed by atoms with Crippen LogP contribution in [0.15, 0.2) is 18.2 Å². The minimum atomic E-state index is -0.390. The molecule has 1 unspecified atom stereocenters. The minimum absolute atomic E-state index is 0.390. The lowest BCUT2D eigenvalue weighted by Crippen LogP contribution is -2.14. The molecule has 20 heavy (non-hydrogen) atoms. The fourth-order valence-electron chi connectivity index (χ4n) is 1.85. The molecule has 1 rings (SSSR count). The lowest BCUT2D eigenvalue weighted by atomic mass is 10.1. The van der Waals surface area contributed by atoms with Crippen LogP contribution >= 0.6 is 15.9 Å². The molecule has 0 heterocycles. The highest BCUT2D eigenvalue weighted by Gasteiger charge is 2.13. The van der Waals surface area contributed by atoms with Crippen LogP contribution in [-0.4, -0.2) is 32.1 Å². The largest absolute Gasteiger partial charge is 0.493 e. The molecule has 0 bridgehead atoms. The Hall–Kier alpha value is -1.23. The van der Waals surface area contributed by atoms with Crippen LogP contribution in [0.4, 0.5) is 0 Å². The standard InChI is InChI=1S/C15H21BrO4/c1-4-5-11(9-16)10-20-13-7-6-12(15(17)19-3)8-14(13)18-2/h6-8,11H,4-5,9-10H2,1-3H3. The van der Waals surface area contributed by atoms with Gasteiger partial charge in [0, 0.05) is 11.2 Å². The average molecular weight is 345 g/mol. The van der Waals surface area contributed by atoms with Crippen molar-refractivity contribution in [3.63, 3.8) is 0 Å². The summed E-state index contributed by atoms with van der Waals surface area (Å²) in [6.45, 7) is 2.77. The molecule has 0 amide bonds. The fraction of sp³-hybridized carbons (Fsp3) is 0.533. The van der Waals surface area contributed by atoms with Crippen LogP contribution in [0.25, 0.3) is 0 Å². The maximum absolute atomic E-state index is 11.5. The molecule has 0 N–H and O–H groups in total. The number of carbonyl (C=O) groups excluding carboxylic acids is 1. The van der Waals surface area contributed by atoms with E-state index < -0.39 is 0 Å². The first-order valence-electron chi connectivity index (χ1n) is 6.61. The zero-order chi connectivity index (χ0) is 15.0. The second-order valence-corrected chi connectivity index (χ2v) is 5.12. The van der Waals surface area contributed by atoms with Crippen molar-refractivity contribution in [2.24, 2.45) is 5.92 Å². The molecule has 0 saturated carbocycles. The molecule has 1 aromatic carbocycles. The van der Waals surface area contributed by atoms with Crippen LogP contribution in [0.2, 0.25) is 0 Å². The molecular formula is C15H21BrO4. The number of ether oxygens (including phenoxy) is 3. The summed E-state index contributed by atoms with van der Waals surface area (Å²) in [4.78, 5) is 11.5. The van der Waals surface area contributed by atoms with Crippen LogP contribution in [0, 0.1) is 5.92 Å². The highest BCUT2D eigenvalue weighted by atomic mass is 79.9. The summed E-state index contributed by atoms with van der Waals surface area (Å²) in [6.07, 6.45) is 2.23. The van der Waals surface area contributed by atoms with E-state index in [1.165, 1.54) is 7.11 Å². The van der Waals surface area contributed by atoms with E-state index in [-0.39, 0.29) is 5.97 Å². The Morgan fingerprint density at radius 3 is 2.60 bits per heavy atom. The third kappa shape index (κ3) is 4.71. The first kappa shape index (κ1) is 16.8. The lowest BCUT2D eigenvalue weighted by Gasteiger charge is -2.16. The van der Waals surface area contributed by atoms with Crippen LogP contribution in [0.3, 0.4) is 0 Å². The summed E-state index contributed by atoms with van der Waals surface area (Å²) < 4.78 is 15.7. The summed E-state index contributed by atoms with van der Waals surface area (Å²) in [5.41, 5.74) is 0.447. The molecule has 0 aliphatic carbocycles. The molecular weight excluding hydrogens is 324 g/mol. The maximum Gasteiger partial charge on any atom is 0.337 e. The van der Waals surface area contributed by atoms with Crippen molar-refractivity contribution in [3.05, 3.63) is 23.8 Å². The third-order valence-electron chi connectivity index (χ3n) is 2.97. The van der Waals surface area contributed by atoms with Crippen molar-refractivity contribution in [1.82, 2.24) is 0 Å². The van der Waals surface area contributed by atoms with E-state index in [1.54, 1.807) is 25.3 Å². The number of benzene rings is 1. The molecule has 0 aromatic heterocycles. The minimum Gasteiger partial charge on any atom is -0.493 e. The zero-order valence-electron chi connectivity index (χ0n) is 12.1. The summed E-state index contributed by atoms with van der Waals surface area (Å²) in [6, 6.07) is 5.04. The Bertz CT molecular complexity index is 434. The van der Waals surface area contributed by atoms with E-state index in [4.69, 9.17) is 9.47 Å². The second kappa shape index (κ2) is 8.84. The van der Waals surface area contributed by atoms with E-state index in [0.717, 1.165) is 18.2 Å². The highest BCUT2D eigenvalue weighted by Crippen LogP contribution is 2.29. The van der Waals surface area contributed by atoms with Crippen molar-refractivity contribution >= 4 is 21.9 Å². The van der Waals surface area contributed by atoms with Gasteiger partial charge in [0.05, 0.1) is 26.4 Å². The topological polar surface area (TPSA) is 44.8 Å². The summed E-state index contributed by atoms with van der Waals surface area (Å²) in [5, 5.41) is 0.906. The van der Waals surface area contributed by atoms with Crippen LogP contribution in [-0.2, 0) is 4.74 Å². The second-order valence-electron chi connectivity index (χ2n) is 4.48. The molecule has 0 aliphatic heterocycles. The molecule has 5 heteroatoms. The van der Waals surface area contributed by atoms with E-state index in [1.807, 2.05) is 0 Å². The van der Waals surface area contributed by atoms with Gasteiger partial charge in [0.2, 0.25) is 0 Å². The first-order valence-corrected chi connectivity index (χ1v) is 7.73. The Balaban J connectivity index is 2.77. The Labute approximate surface area is 128 Å². The number of alkyl halides is 1. The number of halogens is 1. The maximum atomic E-state index is 11.5. The van der Waals surface area contributed by atoms with E-state index >= 15 is 0 Å². The first-order chi connectivity index (χ1) is 9.65. The van der Waals surface area contributed by atoms with Gasteiger partial charge in [-0.15, -0.1) is 0 Å². The van der Waals surface area contributed by atoms with Gasteiger partial charge in [0.15, 0.2) is 11.5 Å². The normalized spacial score (nSPS) is 11.8. The van der Waals surface area contributed by atoms with Crippen LogP contribution < -0.4 is 9.47 Å². The van der Waals surface area contributed by atoms with E-state index in [0.29, 0.717) is 29.6 Å². The van der Waals surface area contributed by atoms with E-state index in [9.17, 15) is 4.79 Å². The Morgan fingerprint density at radius 1 is 1.30 bits per heavy atom. The third-order valence-corrected chi connectivity index (χ3v) is 3.89. The fourth-order valence-corrected chi connectivity index (χ4v) is 2.36. The monoisotopic (exact) mass is 344 g/mol. The molecule has 1 aromatic rings. The molecule has 1 atom stereocenters. The number of esters is 1. The predicted octanol–water partition coefficient (Wildman–Crippen LogP) is 3.67. The average Bonchev–Trinajstić information content (AvgIpc) is 2.50. The van der Waals surface area contributed by atoms with Gasteiger partial charge in [-0.25, -0.2) is 4.79 Å². The van der Waals surface area contributed by atoms with Gasteiger partial charge in [0.25, 0.3) is 0 Å². The summed E-state index contributed by atoms with van der Waals surface area (Å²) >= 11 is 3.49. The number of methoxy groups -OCH3 is 2. The summed E-state index contributed by atoms with van der Waals surface area (Å²) in [5.74, 6) is 1.25. The van der Waals surface area contributed by atoms with Gasteiger partial charge in [0.1, 0.15) is 0 Å². The zero-order valence-corrected chi connectivity index (χ0v) is 13.7. The van der Waals surface area contributed by atoms with Gasteiger partial charge in [-0.2, -0.15) is 0 Å². The predicted molar refractivity (Wildman–Crippen MR) is 82.0 cm³/mol. The van der Waals surface area contributed by atoms with Crippen molar-refractivity contribution in [3.8, 4) is 11.5 Å². The van der Waals surface area contributed by atoms with Crippen molar-refractivity contribution < 1.29 is 19.0 Å². The summed E-state index contributed by atoms with van der Waals surface area (Å²) in [7, 11) is 2.90. The molecule has 0 fully saturated rings. The SMILES string of the molecule is CCCC(CBr)COc1ccc(C(=O)OC)cc1OC. The number of carbonyl (C=O) groups is 1. The molecule has 0 spiro atoms. The van der Waals surface area contributed by atoms with Crippen molar-refractivity contribution in [1.29, 1.82) is 0 Å². The van der Waals surface area contributed by atoms with Crippen molar-refractivity contribution in [2.45, 2.75) is 19.8 Å². The van der Waals surface area contributed by atoms with Crippen LogP contribution in [0.1, 0.15) is 30.1 Å². The van der Waals surface area contributed by atoms with Gasteiger partial charge in [-0.05, 0) is 24.6 Å². The van der Waals surface area contributed by atoms with Gasteiger partial charge >= 0.3 is 5.97 Å². The molecule has 0 radical (unpaired) electrons. The van der Waals surface area contributed by atoms with Gasteiger partial charge < -0.3 is 14.2 Å². The van der Waals surface area contributed by atoms with Gasteiger partial charge in [-0.1, -0.05) is 29.3 Å². The molecule has 0 saturated heterocycles. The number of hydrogen-bond donors (Lipinski definition) is 0. The van der Waals surface area contributed by atoms with Crippen LogP contribution in [0.5, 0.6) is 11.5 Å². The Kier molecular flexibility index (Phi) is 7.44.